The van der Waals surface area contributed by atoms with E-state index in [4.69, 9.17) is 4.74 Å². The summed E-state index contributed by atoms with van der Waals surface area (Å²) in [6.07, 6.45) is 0.988. The average molecular weight is 289 g/mol. The summed E-state index contributed by atoms with van der Waals surface area (Å²) in [7, 11) is 1.57. The van der Waals surface area contributed by atoms with Crippen molar-refractivity contribution in [2.45, 2.75) is 12.5 Å². The molecule has 0 aliphatic carbocycles. The summed E-state index contributed by atoms with van der Waals surface area (Å²) in [5, 5.41) is 5.86. The third-order valence-corrected chi connectivity index (χ3v) is 4.00. The molecular formula is C15H19N3O3. The van der Waals surface area contributed by atoms with Crippen LogP contribution in [0.5, 0.6) is 0 Å². The van der Waals surface area contributed by atoms with Crippen molar-refractivity contribution in [1.29, 1.82) is 0 Å². The molecule has 2 aliphatic heterocycles. The molecule has 0 bridgehead atoms. The number of nitrogens with zero attached hydrogens (tertiary/aromatic N) is 1. The number of anilines is 1. The fourth-order valence-electron chi connectivity index (χ4n) is 2.82. The van der Waals surface area contributed by atoms with Gasteiger partial charge in [0.25, 0.3) is 5.91 Å². The van der Waals surface area contributed by atoms with Crippen molar-refractivity contribution in [3.63, 3.8) is 0 Å². The minimum Gasteiger partial charge on any atom is -0.384 e. The van der Waals surface area contributed by atoms with Crippen LogP contribution in [0, 0.1) is 0 Å². The summed E-state index contributed by atoms with van der Waals surface area (Å²) < 4.78 is 5.33. The Morgan fingerprint density at radius 2 is 2.29 bits per heavy atom. The molecule has 21 heavy (non-hydrogen) atoms. The molecule has 112 valence electrons. The Kier molecular flexibility index (Phi) is 3.79. The normalized spacial score (nSPS) is 20.6. The lowest BCUT2D eigenvalue weighted by molar-refractivity contribution is -0.130. The van der Waals surface area contributed by atoms with Gasteiger partial charge in [0.15, 0.2) is 0 Å². The van der Waals surface area contributed by atoms with Gasteiger partial charge < -0.3 is 20.3 Å². The number of rotatable bonds is 2. The Hall–Kier alpha value is -2.08. The molecule has 2 heterocycles. The monoisotopic (exact) mass is 289 g/mol. The largest absolute Gasteiger partial charge is 0.384 e. The SMILES string of the molecule is CNC(=O)C1COCCN1C(=O)c1ccc2c(c1)NCC2. The first-order valence-electron chi connectivity index (χ1n) is 7.18. The van der Waals surface area contributed by atoms with E-state index >= 15 is 0 Å². The van der Waals surface area contributed by atoms with Gasteiger partial charge in [0.05, 0.1) is 13.2 Å². The van der Waals surface area contributed by atoms with Crippen LogP contribution in [-0.2, 0) is 16.0 Å². The smallest absolute Gasteiger partial charge is 0.254 e. The number of amides is 2. The maximum absolute atomic E-state index is 12.7. The number of nitrogens with one attached hydrogen (secondary N) is 2. The molecule has 1 unspecified atom stereocenters. The Labute approximate surface area is 123 Å². The Morgan fingerprint density at radius 1 is 1.43 bits per heavy atom. The van der Waals surface area contributed by atoms with Gasteiger partial charge in [-0.3, -0.25) is 9.59 Å². The predicted molar refractivity (Wildman–Crippen MR) is 78.3 cm³/mol. The van der Waals surface area contributed by atoms with E-state index in [-0.39, 0.29) is 18.4 Å². The van der Waals surface area contributed by atoms with E-state index in [1.165, 1.54) is 5.56 Å². The zero-order valence-electron chi connectivity index (χ0n) is 12.0. The highest BCUT2D eigenvalue weighted by atomic mass is 16.5. The zero-order chi connectivity index (χ0) is 14.8. The molecule has 2 N–H and O–H groups in total. The fraction of sp³-hybridized carbons (Fsp3) is 0.467. The molecule has 1 atom stereocenters. The van der Waals surface area contributed by atoms with Crippen LogP contribution in [-0.4, -0.2) is 56.1 Å². The molecule has 3 rings (SSSR count). The molecule has 1 aromatic rings. The highest BCUT2D eigenvalue weighted by Gasteiger charge is 2.33. The van der Waals surface area contributed by atoms with Crippen molar-refractivity contribution >= 4 is 17.5 Å². The first-order valence-corrected chi connectivity index (χ1v) is 7.18. The number of ether oxygens (including phenoxy) is 1. The van der Waals surface area contributed by atoms with E-state index < -0.39 is 6.04 Å². The van der Waals surface area contributed by atoms with E-state index in [0.717, 1.165) is 18.7 Å². The molecule has 6 heteroatoms. The lowest BCUT2D eigenvalue weighted by atomic mass is 10.1. The van der Waals surface area contributed by atoms with Crippen molar-refractivity contribution in [2.24, 2.45) is 0 Å². The van der Waals surface area contributed by atoms with Crippen LogP contribution in [0.15, 0.2) is 18.2 Å². The molecule has 2 amide bonds. The summed E-state index contributed by atoms with van der Waals surface area (Å²) in [6.45, 7) is 2.05. The Morgan fingerprint density at radius 3 is 3.10 bits per heavy atom. The third kappa shape index (κ3) is 2.58. The van der Waals surface area contributed by atoms with Crippen molar-refractivity contribution in [3.05, 3.63) is 29.3 Å². The summed E-state index contributed by atoms with van der Waals surface area (Å²) in [6, 6.07) is 5.14. The number of likely N-dealkylation sites (N-methyl/N-ethyl adjacent to an activating group) is 1. The van der Waals surface area contributed by atoms with Gasteiger partial charge in [-0.15, -0.1) is 0 Å². The number of fused-ring (bicyclic) bond motifs is 1. The number of benzene rings is 1. The molecule has 6 nitrogen and oxygen atoms in total. The van der Waals surface area contributed by atoms with E-state index in [0.29, 0.717) is 18.7 Å². The molecular weight excluding hydrogens is 270 g/mol. The molecule has 1 fully saturated rings. The van der Waals surface area contributed by atoms with Gasteiger partial charge in [-0.1, -0.05) is 6.07 Å². The van der Waals surface area contributed by atoms with Crippen molar-refractivity contribution in [1.82, 2.24) is 10.2 Å². The standard InChI is InChI=1S/C15H19N3O3/c1-16-14(19)13-9-21-7-6-18(13)15(20)11-3-2-10-4-5-17-12(10)8-11/h2-3,8,13,17H,4-7,9H2,1H3,(H,16,19). The molecule has 0 saturated carbocycles. The summed E-state index contributed by atoms with van der Waals surface area (Å²) in [5.41, 5.74) is 2.86. The van der Waals surface area contributed by atoms with E-state index in [9.17, 15) is 9.59 Å². The molecule has 1 saturated heterocycles. The summed E-state index contributed by atoms with van der Waals surface area (Å²) >= 11 is 0. The average Bonchev–Trinajstić information content (AvgIpc) is 3.01. The van der Waals surface area contributed by atoms with Gasteiger partial charge in [0, 0.05) is 31.4 Å². The van der Waals surface area contributed by atoms with Crippen LogP contribution in [0.25, 0.3) is 0 Å². The van der Waals surface area contributed by atoms with Crippen LogP contribution in [0.1, 0.15) is 15.9 Å². The number of carbonyl (C=O) groups is 2. The molecule has 1 aromatic carbocycles. The van der Waals surface area contributed by atoms with Gasteiger partial charge in [0.2, 0.25) is 5.91 Å². The molecule has 0 aromatic heterocycles. The second kappa shape index (κ2) is 5.73. The van der Waals surface area contributed by atoms with Crippen molar-refractivity contribution in [2.75, 3.05) is 38.7 Å². The van der Waals surface area contributed by atoms with E-state index in [1.807, 2.05) is 18.2 Å². The molecule has 0 spiro atoms. The number of hydrogen-bond acceptors (Lipinski definition) is 4. The van der Waals surface area contributed by atoms with Crippen LogP contribution in [0.3, 0.4) is 0 Å². The molecule has 2 aliphatic rings. The lowest BCUT2D eigenvalue weighted by Gasteiger charge is -2.34. The van der Waals surface area contributed by atoms with E-state index in [1.54, 1.807) is 11.9 Å². The van der Waals surface area contributed by atoms with Gasteiger partial charge >= 0.3 is 0 Å². The number of hydrogen-bond donors (Lipinski definition) is 2. The van der Waals surface area contributed by atoms with Gasteiger partial charge in [0.1, 0.15) is 6.04 Å². The van der Waals surface area contributed by atoms with E-state index in [2.05, 4.69) is 10.6 Å². The zero-order valence-corrected chi connectivity index (χ0v) is 12.0. The predicted octanol–water partition coefficient (Wildman–Crippen LogP) is 0.242. The topological polar surface area (TPSA) is 70.7 Å². The van der Waals surface area contributed by atoms with Gasteiger partial charge in [-0.2, -0.15) is 0 Å². The second-order valence-electron chi connectivity index (χ2n) is 5.25. The lowest BCUT2D eigenvalue weighted by Crippen LogP contribution is -2.55. The van der Waals surface area contributed by atoms with Crippen molar-refractivity contribution < 1.29 is 14.3 Å². The first kappa shape index (κ1) is 13.9. The van der Waals surface area contributed by atoms with Crippen molar-refractivity contribution in [3.8, 4) is 0 Å². The number of carbonyl (C=O) groups excluding carboxylic acids is 2. The van der Waals surface area contributed by atoms with Crippen LogP contribution < -0.4 is 10.6 Å². The highest BCUT2D eigenvalue weighted by Crippen LogP contribution is 2.24. The highest BCUT2D eigenvalue weighted by molar-refractivity contribution is 5.98. The second-order valence-corrected chi connectivity index (χ2v) is 5.25. The third-order valence-electron chi connectivity index (χ3n) is 4.00. The van der Waals surface area contributed by atoms with Crippen LogP contribution in [0.2, 0.25) is 0 Å². The van der Waals surface area contributed by atoms with Gasteiger partial charge in [-0.25, -0.2) is 0 Å². The van der Waals surface area contributed by atoms with Crippen LogP contribution in [0.4, 0.5) is 5.69 Å². The minimum atomic E-state index is -0.558. The summed E-state index contributed by atoms with van der Waals surface area (Å²) in [5.74, 6) is -0.314. The fourth-order valence-corrected chi connectivity index (χ4v) is 2.82. The quantitative estimate of drug-likeness (QED) is 0.818. The molecule has 0 radical (unpaired) electrons. The maximum Gasteiger partial charge on any atom is 0.254 e. The Balaban J connectivity index is 1.84. The number of morpholine rings is 1. The van der Waals surface area contributed by atoms with Crippen LogP contribution >= 0.6 is 0 Å². The summed E-state index contributed by atoms with van der Waals surface area (Å²) in [4.78, 5) is 26.2. The van der Waals surface area contributed by atoms with Gasteiger partial charge in [-0.05, 0) is 24.1 Å². The maximum atomic E-state index is 12.7. The Bertz CT molecular complexity index is 573. The minimum absolute atomic E-state index is 0.122. The first-order chi connectivity index (χ1) is 10.2.